The van der Waals surface area contributed by atoms with Crippen LogP contribution in [-0.2, 0) is 33.2 Å². The predicted octanol–water partition coefficient (Wildman–Crippen LogP) is 10.9. The van der Waals surface area contributed by atoms with E-state index in [-0.39, 0.29) is 12.3 Å². The van der Waals surface area contributed by atoms with E-state index in [0.29, 0.717) is 12.8 Å². The van der Waals surface area contributed by atoms with Crippen molar-refractivity contribution in [3.05, 3.63) is 134 Å². The summed E-state index contributed by atoms with van der Waals surface area (Å²) in [5.74, 6) is -0.337. The molecule has 3 aliphatic rings. The van der Waals surface area contributed by atoms with Crippen LogP contribution in [0, 0.1) is 0 Å². The minimum Gasteiger partial charge on any atom is -0.394 e. The molecule has 97 heavy (non-hydrogen) atoms. The highest BCUT2D eigenvalue weighted by molar-refractivity contribution is 5.76. The molecule has 0 aromatic heterocycles. The van der Waals surface area contributed by atoms with Crippen LogP contribution in [-0.4, -0.2) is 193 Å². The van der Waals surface area contributed by atoms with Crippen LogP contribution in [0.3, 0.4) is 0 Å². The maximum absolute atomic E-state index is 13.4. The van der Waals surface area contributed by atoms with E-state index in [1.54, 1.807) is 6.08 Å². The molecule has 3 aliphatic heterocycles. The number of amides is 1. The average molecular weight is 1370 g/mol. The third-order valence-corrected chi connectivity index (χ3v) is 17.4. The third-order valence-electron chi connectivity index (χ3n) is 17.4. The Hall–Kier alpha value is -4.07. The molecular weight excluding hydrogens is 1240 g/mol. The number of carbonyl (C=O) groups is 1. The van der Waals surface area contributed by atoms with E-state index in [2.05, 4.69) is 141 Å². The van der Waals surface area contributed by atoms with Crippen LogP contribution < -0.4 is 5.32 Å². The number of allylic oxidation sites excluding steroid dienone is 21. The molecule has 17 unspecified atom stereocenters. The van der Waals surface area contributed by atoms with Gasteiger partial charge in [-0.05, 0) is 109 Å². The zero-order valence-corrected chi connectivity index (χ0v) is 58.7. The Kier molecular flexibility index (Phi) is 51.7. The second kappa shape index (κ2) is 57.5. The molecule has 19 heteroatoms. The highest BCUT2D eigenvalue weighted by Crippen LogP contribution is 2.33. The van der Waals surface area contributed by atoms with Gasteiger partial charge in [-0.3, -0.25) is 4.79 Å². The molecule has 0 aromatic rings. The smallest absolute Gasteiger partial charge is 0.220 e. The van der Waals surface area contributed by atoms with E-state index >= 15 is 0 Å². The summed E-state index contributed by atoms with van der Waals surface area (Å²) in [4.78, 5) is 13.4. The van der Waals surface area contributed by atoms with Gasteiger partial charge in [0.15, 0.2) is 18.9 Å². The van der Waals surface area contributed by atoms with Gasteiger partial charge in [-0.2, -0.15) is 0 Å². The second-order valence-electron chi connectivity index (χ2n) is 25.6. The molecule has 1 amide bonds. The first-order valence-electron chi connectivity index (χ1n) is 36.9. The van der Waals surface area contributed by atoms with E-state index in [9.17, 15) is 61.0 Å². The molecule has 3 fully saturated rings. The van der Waals surface area contributed by atoms with Gasteiger partial charge in [0.2, 0.25) is 5.91 Å². The fraction of sp³-hybridized carbons (Fsp3) is 0.705. The zero-order valence-electron chi connectivity index (χ0n) is 58.7. The highest BCUT2D eigenvalue weighted by Gasteiger charge is 2.53. The number of hydrogen-bond acceptors (Lipinski definition) is 18. The zero-order chi connectivity index (χ0) is 70.4. The fourth-order valence-corrected chi connectivity index (χ4v) is 11.5. The lowest BCUT2D eigenvalue weighted by molar-refractivity contribution is -0.379. The van der Waals surface area contributed by atoms with Crippen molar-refractivity contribution in [2.24, 2.45) is 0 Å². The molecule has 12 N–H and O–H groups in total. The Morgan fingerprint density at radius 2 is 0.722 bits per heavy atom. The molecule has 0 aliphatic carbocycles. The molecular formula is C78H129NO18. The molecule has 0 bridgehead atoms. The van der Waals surface area contributed by atoms with E-state index < -0.39 is 131 Å². The highest BCUT2D eigenvalue weighted by atomic mass is 16.8. The maximum atomic E-state index is 13.4. The Labute approximate surface area is 581 Å². The monoisotopic (exact) mass is 1370 g/mol. The Morgan fingerprint density at radius 3 is 1.15 bits per heavy atom. The number of aliphatic hydroxyl groups is 11. The van der Waals surface area contributed by atoms with Gasteiger partial charge in [-0.1, -0.05) is 237 Å². The molecule has 554 valence electrons. The average Bonchev–Trinajstić information content (AvgIpc) is 0.790. The molecule has 0 aromatic carbocycles. The summed E-state index contributed by atoms with van der Waals surface area (Å²) in [7, 11) is 0. The summed E-state index contributed by atoms with van der Waals surface area (Å²) in [6.07, 6.45) is 54.3. The SMILES string of the molecule is CC/C=C\C/C=C\C/C=C\C/C=C\C/C=C\C/C=C\C/C=C\C/C=C\CCCCC(=O)NC(COC1OC(CO)C(OC2OC(CO)C(OC3OC(CO)C(O)C(O)C3O)C(O)C2O)C(O)C1O)C(O)/C=C/CC/C=C/CC/C=C/CCCCCCCCCCCCCCCCC. The van der Waals surface area contributed by atoms with Gasteiger partial charge in [0.1, 0.15) is 73.2 Å². The number of carbonyl (C=O) groups excluding carboxylic acids is 1. The van der Waals surface area contributed by atoms with Crippen molar-refractivity contribution in [1.29, 1.82) is 0 Å². The lowest BCUT2D eigenvalue weighted by Crippen LogP contribution is -2.66. The summed E-state index contributed by atoms with van der Waals surface area (Å²) in [6, 6.07) is -1.03. The second-order valence-corrected chi connectivity index (χ2v) is 25.6. The van der Waals surface area contributed by atoms with Gasteiger partial charge in [-0.25, -0.2) is 0 Å². The first kappa shape index (κ1) is 87.1. The van der Waals surface area contributed by atoms with Crippen molar-refractivity contribution in [3.63, 3.8) is 0 Å². The van der Waals surface area contributed by atoms with Crippen molar-refractivity contribution in [2.45, 2.75) is 324 Å². The van der Waals surface area contributed by atoms with Crippen LogP contribution in [0.5, 0.6) is 0 Å². The van der Waals surface area contributed by atoms with Crippen molar-refractivity contribution in [1.82, 2.24) is 5.32 Å². The first-order valence-corrected chi connectivity index (χ1v) is 36.9. The summed E-state index contributed by atoms with van der Waals surface area (Å²) in [6.45, 7) is 1.55. The van der Waals surface area contributed by atoms with Crippen molar-refractivity contribution < 1.29 is 89.4 Å². The number of rotatable bonds is 55. The van der Waals surface area contributed by atoms with Crippen molar-refractivity contribution >= 4 is 5.91 Å². The van der Waals surface area contributed by atoms with Gasteiger partial charge in [0, 0.05) is 6.42 Å². The first-order chi connectivity index (χ1) is 47.3. The van der Waals surface area contributed by atoms with Crippen LogP contribution in [0.25, 0.3) is 0 Å². The van der Waals surface area contributed by atoms with Gasteiger partial charge < -0.3 is 89.9 Å². The number of nitrogens with one attached hydrogen (secondary N) is 1. The lowest BCUT2D eigenvalue weighted by atomic mass is 9.96. The van der Waals surface area contributed by atoms with Crippen molar-refractivity contribution in [2.75, 3.05) is 26.4 Å². The maximum Gasteiger partial charge on any atom is 0.220 e. The Bertz CT molecular complexity index is 2280. The molecule has 0 spiro atoms. The third kappa shape index (κ3) is 38.5. The molecule has 0 radical (unpaired) electrons. The molecule has 0 saturated carbocycles. The predicted molar refractivity (Wildman–Crippen MR) is 383 cm³/mol. The van der Waals surface area contributed by atoms with E-state index in [1.165, 1.54) is 96.3 Å². The lowest BCUT2D eigenvalue weighted by Gasteiger charge is -2.48. The molecule has 3 saturated heterocycles. The van der Waals surface area contributed by atoms with Gasteiger partial charge >= 0.3 is 0 Å². The normalized spacial score (nSPS) is 27.7. The molecule has 3 rings (SSSR count). The van der Waals surface area contributed by atoms with Gasteiger partial charge in [-0.15, -0.1) is 0 Å². The van der Waals surface area contributed by atoms with E-state index in [0.717, 1.165) is 89.9 Å². The summed E-state index contributed by atoms with van der Waals surface area (Å²) >= 11 is 0. The molecule has 3 heterocycles. The number of hydrogen-bond donors (Lipinski definition) is 12. The fourth-order valence-electron chi connectivity index (χ4n) is 11.5. The quantitative estimate of drug-likeness (QED) is 0.0199. The van der Waals surface area contributed by atoms with Crippen LogP contribution in [0.4, 0.5) is 0 Å². The minimum absolute atomic E-state index is 0.167. The van der Waals surface area contributed by atoms with Crippen LogP contribution >= 0.6 is 0 Å². The number of ether oxygens (including phenoxy) is 6. The van der Waals surface area contributed by atoms with Crippen molar-refractivity contribution in [3.8, 4) is 0 Å². The van der Waals surface area contributed by atoms with Crippen LogP contribution in [0.2, 0.25) is 0 Å². The van der Waals surface area contributed by atoms with Gasteiger partial charge in [0.25, 0.3) is 0 Å². The minimum atomic E-state index is -2.00. The Morgan fingerprint density at radius 1 is 0.381 bits per heavy atom. The molecule has 17 atom stereocenters. The number of aliphatic hydroxyl groups excluding tert-OH is 11. The molecule has 19 nitrogen and oxygen atoms in total. The number of unbranched alkanes of at least 4 members (excludes halogenated alkanes) is 19. The standard InChI is InChI=1S/C78H129NO18/c1-3-5-7-9-11-13-15-17-19-21-23-25-27-29-30-32-34-36-38-40-42-44-46-48-50-52-54-56-66(84)79-61(62(83)55-53-51-49-47-45-43-41-39-37-35-33-31-28-26-24-22-20-18-16-14-12-10-8-6-4-2)60-92-76-72(90)69(87)74(64(58-81)94-76)97-78-73(91)70(88)75(65(59-82)95-78)96-77-71(89)68(86)67(85)63(57-80)93-77/h5,7,11,13,17,19,23,25,29-30,34,36-37,39-40,42,45-48,53,55,61-65,67-78,80-83,85-91H,3-4,6,8-10,12,14-16,18,20-22,24,26-28,31-33,35,38,41,43-44,49-52,54,56-60H2,1-2H3,(H,79,84)/b7-5-,13-11-,19-17-,25-23-,30-29-,36-34-,39-37+,42-40-,47-45+,48-46-,55-53+. The summed E-state index contributed by atoms with van der Waals surface area (Å²) in [5.41, 5.74) is 0. The largest absolute Gasteiger partial charge is 0.394 e. The summed E-state index contributed by atoms with van der Waals surface area (Å²) < 4.78 is 34.3. The van der Waals surface area contributed by atoms with Crippen LogP contribution in [0.1, 0.15) is 219 Å². The summed E-state index contributed by atoms with van der Waals surface area (Å²) in [5, 5.41) is 121. The Balaban J connectivity index is 1.46. The van der Waals surface area contributed by atoms with Gasteiger partial charge in [0.05, 0.1) is 38.6 Å². The topological polar surface area (TPSA) is 307 Å². The van der Waals surface area contributed by atoms with Crippen LogP contribution in [0.15, 0.2) is 134 Å². The van der Waals surface area contributed by atoms with E-state index in [4.69, 9.17) is 28.4 Å². The van der Waals surface area contributed by atoms with E-state index in [1.807, 2.05) is 6.08 Å².